The Balaban J connectivity index is 2.97. The summed E-state index contributed by atoms with van der Waals surface area (Å²) in [4.78, 5) is 34.3. The summed E-state index contributed by atoms with van der Waals surface area (Å²) in [5, 5.41) is 14.1. The molecular formula is C14H18N2O4. The molecule has 2 amide bonds. The van der Waals surface area contributed by atoms with Crippen LogP contribution in [0.15, 0.2) is 24.3 Å². The first-order valence-corrected chi connectivity index (χ1v) is 6.23. The number of carbonyl (C=O) groups excluding carboxylic acids is 2. The number of carboxylic acids is 1. The van der Waals surface area contributed by atoms with Crippen molar-refractivity contribution in [3.63, 3.8) is 0 Å². The van der Waals surface area contributed by atoms with Gasteiger partial charge in [-0.1, -0.05) is 26.0 Å². The molecule has 0 aliphatic heterocycles. The molecule has 0 aliphatic rings. The summed E-state index contributed by atoms with van der Waals surface area (Å²) in [6, 6.07) is 5.46. The van der Waals surface area contributed by atoms with Crippen LogP contribution in [0.3, 0.4) is 0 Å². The number of nitrogens with one attached hydrogen (secondary N) is 2. The summed E-state index contributed by atoms with van der Waals surface area (Å²) in [7, 11) is 0. The Kier molecular flexibility index (Phi) is 5.25. The highest BCUT2D eigenvalue weighted by Gasteiger charge is 2.24. The third-order valence-electron chi connectivity index (χ3n) is 2.70. The minimum atomic E-state index is -1.09. The van der Waals surface area contributed by atoms with E-state index in [0.717, 1.165) is 0 Å². The highest BCUT2D eigenvalue weighted by Crippen LogP contribution is 2.15. The average Bonchev–Trinajstić information content (AvgIpc) is 2.34. The van der Waals surface area contributed by atoms with E-state index in [-0.39, 0.29) is 17.4 Å². The van der Waals surface area contributed by atoms with Gasteiger partial charge in [0.05, 0.1) is 11.3 Å². The van der Waals surface area contributed by atoms with Gasteiger partial charge in [0.15, 0.2) is 0 Å². The topological polar surface area (TPSA) is 95.5 Å². The molecule has 0 bridgehead atoms. The average molecular weight is 278 g/mol. The standard InChI is InChI=1S/C14H18N2O4/c1-8(2)12(14(19)20)16-13(18)10-6-4-5-7-11(10)15-9(3)17/h4-8,12H,1-3H3,(H,15,17)(H,16,18)(H,19,20)/t12-/m0/s1. The number of benzene rings is 1. The fourth-order valence-electron chi connectivity index (χ4n) is 1.71. The molecule has 0 fully saturated rings. The lowest BCUT2D eigenvalue weighted by Gasteiger charge is -2.19. The molecule has 0 heterocycles. The van der Waals surface area contributed by atoms with Crippen LogP contribution in [-0.4, -0.2) is 28.9 Å². The molecule has 0 spiro atoms. The van der Waals surface area contributed by atoms with Crippen LogP contribution in [0.1, 0.15) is 31.1 Å². The van der Waals surface area contributed by atoms with Crippen molar-refractivity contribution >= 4 is 23.5 Å². The van der Waals surface area contributed by atoms with Gasteiger partial charge in [0.1, 0.15) is 6.04 Å². The quantitative estimate of drug-likeness (QED) is 0.760. The van der Waals surface area contributed by atoms with Gasteiger partial charge < -0.3 is 15.7 Å². The lowest BCUT2D eigenvalue weighted by Crippen LogP contribution is -2.44. The van der Waals surface area contributed by atoms with E-state index in [0.29, 0.717) is 5.69 Å². The highest BCUT2D eigenvalue weighted by molar-refractivity contribution is 6.04. The van der Waals surface area contributed by atoms with Gasteiger partial charge in [0.25, 0.3) is 5.91 Å². The van der Waals surface area contributed by atoms with Crippen LogP contribution in [0.5, 0.6) is 0 Å². The van der Waals surface area contributed by atoms with Gasteiger partial charge in [0, 0.05) is 6.92 Å². The van der Waals surface area contributed by atoms with Crippen molar-refractivity contribution in [1.29, 1.82) is 0 Å². The van der Waals surface area contributed by atoms with Crippen molar-refractivity contribution in [2.45, 2.75) is 26.8 Å². The molecule has 3 N–H and O–H groups in total. The Bertz CT molecular complexity index is 526. The second-order valence-corrected chi connectivity index (χ2v) is 4.76. The van der Waals surface area contributed by atoms with Crippen LogP contribution in [0.4, 0.5) is 5.69 Å². The van der Waals surface area contributed by atoms with E-state index in [4.69, 9.17) is 5.11 Å². The van der Waals surface area contributed by atoms with E-state index in [9.17, 15) is 14.4 Å². The highest BCUT2D eigenvalue weighted by atomic mass is 16.4. The molecule has 0 saturated heterocycles. The maximum atomic E-state index is 12.1. The third kappa shape index (κ3) is 4.08. The Hall–Kier alpha value is -2.37. The van der Waals surface area contributed by atoms with Crippen LogP contribution in [0.25, 0.3) is 0 Å². The monoisotopic (exact) mass is 278 g/mol. The van der Waals surface area contributed by atoms with Crippen LogP contribution >= 0.6 is 0 Å². The molecule has 1 aromatic rings. The summed E-state index contributed by atoms with van der Waals surface area (Å²) in [5.41, 5.74) is 0.583. The summed E-state index contributed by atoms with van der Waals surface area (Å²) in [6.45, 7) is 4.75. The lowest BCUT2D eigenvalue weighted by molar-refractivity contribution is -0.140. The molecule has 0 radical (unpaired) electrons. The first-order chi connectivity index (χ1) is 9.32. The lowest BCUT2D eigenvalue weighted by atomic mass is 10.0. The Morgan fingerprint density at radius 3 is 2.25 bits per heavy atom. The van der Waals surface area contributed by atoms with Gasteiger partial charge in [-0.05, 0) is 18.1 Å². The van der Waals surface area contributed by atoms with Crippen molar-refractivity contribution in [2.24, 2.45) is 5.92 Å². The SMILES string of the molecule is CC(=O)Nc1ccccc1C(=O)N[C@H](C(=O)O)C(C)C. The normalized spacial score (nSPS) is 11.8. The third-order valence-corrected chi connectivity index (χ3v) is 2.70. The van der Waals surface area contributed by atoms with Gasteiger partial charge in [-0.2, -0.15) is 0 Å². The smallest absolute Gasteiger partial charge is 0.326 e. The number of aliphatic carboxylic acids is 1. The van der Waals surface area contributed by atoms with Gasteiger partial charge in [0.2, 0.25) is 5.91 Å². The number of hydrogen-bond donors (Lipinski definition) is 3. The van der Waals surface area contributed by atoms with Crippen molar-refractivity contribution < 1.29 is 19.5 Å². The maximum absolute atomic E-state index is 12.1. The van der Waals surface area contributed by atoms with Gasteiger partial charge >= 0.3 is 5.97 Å². The van der Waals surface area contributed by atoms with E-state index in [2.05, 4.69) is 10.6 Å². The zero-order valence-corrected chi connectivity index (χ0v) is 11.6. The Morgan fingerprint density at radius 1 is 1.15 bits per heavy atom. The minimum absolute atomic E-state index is 0.231. The van der Waals surface area contributed by atoms with Crippen molar-refractivity contribution in [1.82, 2.24) is 5.32 Å². The molecular weight excluding hydrogens is 260 g/mol. The Morgan fingerprint density at radius 2 is 1.75 bits per heavy atom. The molecule has 1 rings (SSSR count). The van der Waals surface area contributed by atoms with Crippen molar-refractivity contribution in [2.75, 3.05) is 5.32 Å². The van der Waals surface area contributed by atoms with Crippen LogP contribution < -0.4 is 10.6 Å². The summed E-state index contributed by atoms with van der Waals surface area (Å²) >= 11 is 0. The van der Waals surface area contributed by atoms with Gasteiger partial charge in [-0.15, -0.1) is 0 Å². The van der Waals surface area contributed by atoms with Crippen molar-refractivity contribution in [3.8, 4) is 0 Å². The van der Waals surface area contributed by atoms with Crippen LogP contribution in [0, 0.1) is 5.92 Å². The van der Waals surface area contributed by atoms with E-state index >= 15 is 0 Å². The van der Waals surface area contributed by atoms with E-state index in [1.165, 1.54) is 13.0 Å². The van der Waals surface area contributed by atoms with Gasteiger partial charge in [-0.25, -0.2) is 4.79 Å². The summed E-state index contributed by atoms with van der Waals surface area (Å²) < 4.78 is 0. The second kappa shape index (κ2) is 6.70. The molecule has 108 valence electrons. The van der Waals surface area contributed by atoms with Crippen molar-refractivity contribution in [3.05, 3.63) is 29.8 Å². The summed E-state index contributed by atoms with van der Waals surface area (Å²) in [5.74, 6) is -2.17. The molecule has 1 atom stereocenters. The maximum Gasteiger partial charge on any atom is 0.326 e. The number of carbonyl (C=O) groups is 3. The molecule has 6 nitrogen and oxygen atoms in total. The number of anilines is 1. The largest absolute Gasteiger partial charge is 0.480 e. The first-order valence-electron chi connectivity index (χ1n) is 6.23. The molecule has 20 heavy (non-hydrogen) atoms. The molecule has 0 unspecified atom stereocenters. The number of amides is 2. The fourth-order valence-corrected chi connectivity index (χ4v) is 1.71. The first kappa shape index (κ1) is 15.7. The van der Waals surface area contributed by atoms with E-state index in [1.54, 1.807) is 32.0 Å². The predicted molar refractivity (Wildman–Crippen MR) is 74.5 cm³/mol. The molecule has 6 heteroatoms. The summed E-state index contributed by atoms with van der Waals surface area (Å²) in [6.07, 6.45) is 0. The number of hydrogen-bond acceptors (Lipinski definition) is 3. The zero-order valence-electron chi connectivity index (χ0n) is 11.6. The molecule has 0 saturated carbocycles. The minimum Gasteiger partial charge on any atom is -0.480 e. The Labute approximate surface area is 117 Å². The van der Waals surface area contributed by atoms with Crippen LogP contribution in [0.2, 0.25) is 0 Å². The second-order valence-electron chi connectivity index (χ2n) is 4.76. The fraction of sp³-hybridized carbons (Fsp3) is 0.357. The zero-order chi connectivity index (χ0) is 15.3. The predicted octanol–water partition coefficient (Wildman–Crippen LogP) is 1.48. The number of rotatable bonds is 5. The van der Waals surface area contributed by atoms with Crippen LogP contribution in [-0.2, 0) is 9.59 Å². The van der Waals surface area contributed by atoms with E-state index < -0.39 is 17.9 Å². The molecule has 0 aromatic heterocycles. The van der Waals surface area contributed by atoms with E-state index in [1.807, 2.05) is 0 Å². The number of para-hydroxylation sites is 1. The van der Waals surface area contributed by atoms with Gasteiger partial charge in [-0.3, -0.25) is 9.59 Å². The molecule has 0 aliphatic carbocycles. The number of carboxylic acid groups (broad SMARTS) is 1. The molecule has 1 aromatic carbocycles.